The molecule has 2 unspecified atom stereocenters. The second kappa shape index (κ2) is 12.1. The largest absolute Gasteiger partial charge is 0.373 e. The van der Waals surface area contributed by atoms with E-state index in [1.807, 2.05) is 61.6 Å². The van der Waals surface area contributed by atoms with Crippen LogP contribution >= 0.6 is 0 Å². The average molecular weight is 319 g/mol. The van der Waals surface area contributed by atoms with Crippen molar-refractivity contribution in [3.8, 4) is 0 Å². The fourth-order valence-corrected chi connectivity index (χ4v) is 2.43. The summed E-state index contributed by atoms with van der Waals surface area (Å²) in [6, 6.07) is 10.1. The van der Waals surface area contributed by atoms with Crippen LogP contribution < -0.4 is 4.72 Å². The molecule has 1 aromatic carbocycles. The Morgan fingerprint density at radius 3 is 2.73 bits per heavy atom. The summed E-state index contributed by atoms with van der Waals surface area (Å²) in [7, 11) is -1.16. The molecule has 22 heavy (non-hydrogen) atoms. The summed E-state index contributed by atoms with van der Waals surface area (Å²) in [4.78, 5) is 0. The van der Waals surface area contributed by atoms with Crippen molar-refractivity contribution in [2.75, 3.05) is 6.61 Å². The molecule has 1 rings (SSSR count). The van der Waals surface area contributed by atoms with Crippen LogP contribution in [0, 0.1) is 0 Å². The van der Waals surface area contributed by atoms with Gasteiger partial charge in [-0.15, -0.1) is 0 Å². The maximum absolute atomic E-state index is 11.7. The number of hydrogen-bond acceptors (Lipinski definition) is 2. The van der Waals surface area contributed by atoms with E-state index in [2.05, 4.69) is 11.6 Å². The quantitative estimate of drug-likeness (QED) is 0.404. The van der Waals surface area contributed by atoms with Gasteiger partial charge in [-0.2, -0.15) is 0 Å². The molecular formula is C18H25NO2S. The lowest BCUT2D eigenvalue weighted by atomic mass is 10.2. The van der Waals surface area contributed by atoms with Gasteiger partial charge in [0.05, 0.1) is 13.2 Å². The number of rotatable bonds is 10. The van der Waals surface area contributed by atoms with Gasteiger partial charge in [-0.05, 0) is 18.9 Å². The van der Waals surface area contributed by atoms with Crippen molar-refractivity contribution in [2.45, 2.75) is 32.9 Å². The lowest BCUT2D eigenvalue weighted by Gasteiger charge is -2.06. The van der Waals surface area contributed by atoms with Gasteiger partial charge in [0.25, 0.3) is 0 Å². The van der Waals surface area contributed by atoms with Crippen LogP contribution in [0.15, 0.2) is 66.1 Å². The molecule has 0 bridgehead atoms. The van der Waals surface area contributed by atoms with Gasteiger partial charge in [0.2, 0.25) is 0 Å². The van der Waals surface area contributed by atoms with Crippen LogP contribution in [0.4, 0.5) is 0 Å². The van der Waals surface area contributed by atoms with E-state index < -0.39 is 11.0 Å². The Morgan fingerprint density at radius 1 is 1.23 bits per heavy atom. The highest BCUT2D eigenvalue weighted by Gasteiger charge is 1.98. The molecule has 0 aromatic heterocycles. The van der Waals surface area contributed by atoms with Gasteiger partial charge in [0.15, 0.2) is 0 Å². The predicted octanol–water partition coefficient (Wildman–Crippen LogP) is 3.88. The van der Waals surface area contributed by atoms with Crippen molar-refractivity contribution in [3.63, 3.8) is 0 Å². The van der Waals surface area contributed by atoms with Crippen LogP contribution in [-0.2, 0) is 22.3 Å². The van der Waals surface area contributed by atoms with Gasteiger partial charge >= 0.3 is 0 Å². The summed E-state index contributed by atoms with van der Waals surface area (Å²) in [5.74, 6) is 0. The normalized spacial score (nSPS) is 15.0. The Morgan fingerprint density at radius 2 is 2.00 bits per heavy atom. The molecule has 1 aromatic rings. The molecule has 4 heteroatoms. The van der Waals surface area contributed by atoms with Gasteiger partial charge < -0.3 is 4.74 Å². The van der Waals surface area contributed by atoms with Gasteiger partial charge in [0, 0.05) is 11.4 Å². The van der Waals surface area contributed by atoms with Crippen molar-refractivity contribution in [1.29, 1.82) is 0 Å². The SMILES string of the molecule is CC/C=C/C=C/S(=O)NC(C)/C=C\COCc1ccccc1. The molecule has 0 amide bonds. The molecule has 0 aliphatic heterocycles. The molecule has 0 aliphatic rings. The first-order chi connectivity index (χ1) is 10.7. The third kappa shape index (κ3) is 9.45. The second-order valence-electron chi connectivity index (χ2n) is 4.80. The molecule has 2 atom stereocenters. The Hall–Kier alpha value is -1.49. The zero-order valence-electron chi connectivity index (χ0n) is 13.3. The van der Waals surface area contributed by atoms with E-state index in [1.165, 1.54) is 0 Å². The number of nitrogens with one attached hydrogen (secondary N) is 1. The lowest BCUT2D eigenvalue weighted by Crippen LogP contribution is -2.24. The molecule has 0 spiro atoms. The molecule has 0 saturated carbocycles. The van der Waals surface area contributed by atoms with Gasteiger partial charge in [-0.3, -0.25) is 0 Å². The molecular weight excluding hydrogens is 294 g/mol. The Kier molecular flexibility index (Phi) is 10.2. The minimum absolute atomic E-state index is 0.0287. The molecule has 120 valence electrons. The number of benzene rings is 1. The summed E-state index contributed by atoms with van der Waals surface area (Å²) in [6.45, 7) is 5.17. The molecule has 0 saturated heterocycles. The fourth-order valence-electron chi connectivity index (χ4n) is 1.67. The molecule has 0 radical (unpaired) electrons. The van der Waals surface area contributed by atoms with E-state index in [1.54, 1.807) is 11.5 Å². The molecule has 1 N–H and O–H groups in total. The molecule has 0 fully saturated rings. The Labute approximate surface area is 136 Å². The third-order valence-electron chi connectivity index (χ3n) is 2.74. The first kappa shape index (κ1) is 18.6. The highest BCUT2D eigenvalue weighted by molar-refractivity contribution is 7.86. The summed E-state index contributed by atoms with van der Waals surface area (Å²) in [5, 5.41) is 1.64. The van der Waals surface area contributed by atoms with Crippen molar-refractivity contribution in [1.82, 2.24) is 4.72 Å². The van der Waals surface area contributed by atoms with Crippen LogP contribution in [0.2, 0.25) is 0 Å². The van der Waals surface area contributed by atoms with Crippen LogP contribution in [-0.4, -0.2) is 16.9 Å². The van der Waals surface area contributed by atoms with Crippen molar-refractivity contribution in [2.24, 2.45) is 0 Å². The number of ether oxygens (including phenoxy) is 1. The van der Waals surface area contributed by atoms with Gasteiger partial charge in [0.1, 0.15) is 11.0 Å². The van der Waals surface area contributed by atoms with Crippen LogP contribution in [0.3, 0.4) is 0 Å². The van der Waals surface area contributed by atoms with Crippen LogP contribution in [0.5, 0.6) is 0 Å². The van der Waals surface area contributed by atoms with Crippen LogP contribution in [0.25, 0.3) is 0 Å². The highest BCUT2D eigenvalue weighted by atomic mass is 32.2. The lowest BCUT2D eigenvalue weighted by molar-refractivity contribution is 0.148. The first-order valence-corrected chi connectivity index (χ1v) is 8.72. The van der Waals surface area contributed by atoms with Crippen LogP contribution in [0.1, 0.15) is 25.8 Å². The standard InChI is InChI=1S/C18H25NO2S/c1-3-4-5-9-15-22(20)19-17(2)11-10-14-21-16-18-12-7-6-8-13-18/h4-13,15,17,19H,3,14,16H2,1-2H3/b5-4+,11-10-,15-9+. The summed E-state index contributed by atoms with van der Waals surface area (Å²) in [5.41, 5.74) is 1.16. The Balaban J connectivity index is 2.18. The van der Waals surface area contributed by atoms with E-state index in [0.29, 0.717) is 13.2 Å². The van der Waals surface area contributed by atoms with Gasteiger partial charge in [-0.25, -0.2) is 8.93 Å². The number of allylic oxidation sites excluding steroid dienone is 3. The smallest absolute Gasteiger partial charge is 0.117 e. The van der Waals surface area contributed by atoms with E-state index >= 15 is 0 Å². The maximum Gasteiger partial charge on any atom is 0.117 e. The van der Waals surface area contributed by atoms with E-state index in [-0.39, 0.29) is 6.04 Å². The van der Waals surface area contributed by atoms with E-state index in [4.69, 9.17) is 4.74 Å². The fraction of sp³-hybridized carbons (Fsp3) is 0.333. The first-order valence-electron chi connectivity index (χ1n) is 7.50. The van der Waals surface area contributed by atoms with E-state index in [0.717, 1.165) is 12.0 Å². The monoisotopic (exact) mass is 319 g/mol. The van der Waals surface area contributed by atoms with Crippen molar-refractivity contribution >= 4 is 11.0 Å². The average Bonchev–Trinajstić information content (AvgIpc) is 2.52. The zero-order chi connectivity index (χ0) is 16.0. The summed E-state index contributed by atoms with van der Waals surface area (Å²) in [6.07, 6.45) is 10.6. The topological polar surface area (TPSA) is 38.3 Å². The molecule has 0 aliphatic carbocycles. The van der Waals surface area contributed by atoms with Crippen molar-refractivity contribution in [3.05, 3.63) is 71.7 Å². The molecule has 3 nitrogen and oxygen atoms in total. The highest BCUT2D eigenvalue weighted by Crippen LogP contribution is 2.00. The van der Waals surface area contributed by atoms with E-state index in [9.17, 15) is 4.21 Å². The minimum atomic E-state index is -1.16. The third-order valence-corrected chi connectivity index (χ3v) is 3.75. The number of hydrogen-bond donors (Lipinski definition) is 1. The van der Waals surface area contributed by atoms with Crippen molar-refractivity contribution < 1.29 is 8.95 Å². The maximum atomic E-state index is 11.7. The predicted molar refractivity (Wildman–Crippen MR) is 94.5 cm³/mol. The second-order valence-corrected chi connectivity index (χ2v) is 5.90. The molecule has 0 heterocycles. The summed E-state index contributed by atoms with van der Waals surface area (Å²) < 4.78 is 20.2. The zero-order valence-corrected chi connectivity index (χ0v) is 14.1. The Bertz CT molecular complexity index is 509. The summed E-state index contributed by atoms with van der Waals surface area (Å²) >= 11 is 0. The minimum Gasteiger partial charge on any atom is -0.373 e. The van der Waals surface area contributed by atoms with Gasteiger partial charge in [-0.1, -0.05) is 67.6 Å².